The Kier molecular flexibility index (Phi) is 16.3. The van der Waals surface area contributed by atoms with Crippen LogP contribution in [0.1, 0.15) is 27.2 Å². The van der Waals surface area contributed by atoms with Crippen molar-refractivity contribution >= 4 is 5.78 Å². The average Bonchev–Trinajstić information content (AvgIpc) is 2.24. The fourth-order valence-electron chi connectivity index (χ4n) is 0.919. The Balaban J connectivity index is 0. The molecule has 0 heterocycles. The summed E-state index contributed by atoms with van der Waals surface area (Å²) in [5, 5.41) is 0. The van der Waals surface area contributed by atoms with Crippen LogP contribution in [0.15, 0.2) is 0 Å². The summed E-state index contributed by atoms with van der Waals surface area (Å²) in [6.07, 6.45) is 1.03. The number of nitrogens with zero attached hydrogens (tertiary/aromatic N) is 1. The van der Waals surface area contributed by atoms with Crippen LogP contribution in [0.25, 0.3) is 0 Å². The third kappa shape index (κ3) is 19.2. The molecule has 0 aliphatic rings. The molecule has 0 unspecified atom stereocenters. The normalized spacial score (nSPS) is 9.88. The Morgan fingerprint density at radius 1 is 1.06 bits per heavy atom. The predicted octanol–water partition coefficient (Wildman–Crippen LogP) is 1.59. The van der Waals surface area contributed by atoms with Crippen molar-refractivity contribution in [3.63, 3.8) is 0 Å². The van der Waals surface area contributed by atoms with Crippen LogP contribution in [0.5, 0.6) is 0 Å². The van der Waals surface area contributed by atoms with Crippen LogP contribution in [-0.2, 0) is 14.3 Å². The summed E-state index contributed by atoms with van der Waals surface area (Å²) in [5.41, 5.74) is 0. The molecule has 0 aliphatic heterocycles. The first-order valence-electron chi connectivity index (χ1n) is 5.92. The number of ketones is 1. The summed E-state index contributed by atoms with van der Waals surface area (Å²) < 4.78 is 10.3. The van der Waals surface area contributed by atoms with Gasteiger partial charge in [-0.25, -0.2) is 0 Å². The molecule has 0 bridgehead atoms. The summed E-state index contributed by atoms with van der Waals surface area (Å²) in [6.45, 7) is 8.57. The number of Topliss-reactive ketones (excluding diaryl/α,β-unsaturated/α-hetero) is 1. The van der Waals surface area contributed by atoms with E-state index >= 15 is 0 Å². The van der Waals surface area contributed by atoms with E-state index in [1.165, 1.54) is 6.92 Å². The molecule has 0 rings (SSSR count). The number of carbonyl (C=O) groups is 1. The van der Waals surface area contributed by atoms with Crippen LogP contribution in [0.3, 0.4) is 0 Å². The second-order valence-corrected chi connectivity index (χ2v) is 3.52. The molecule has 0 saturated carbocycles. The van der Waals surface area contributed by atoms with Gasteiger partial charge >= 0.3 is 0 Å². The van der Waals surface area contributed by atoms with E-state index in [-0.39, 0.29) is 12.4 Å². The van der Waals surface area contributed by atoms with Gasteiger partial charge in [-0.05, 0) is 34.0 Å². The van der Waals surface area contributed by atoms with Gasteiger partial charge in [-0.1, -0.05) is 13.8 Å². The van der Waals surface area contributed by atoms with Gasteiger partial charge in [0.25, 0.3) is 0 Å². The van der Waals surface area contributed by atoms with Crippen molar-refractivity contribution in [3.8, 4) is 0 Å². The third-order valence-electron chi connectivity index (χ3n) is 1.57. The van der Waals surface area contributed by atoms with Crippen LogP contribution in [0.4, 0.5) is 0 Å². The zero-order valence-corrected chi connectivity index (χ0v) is 11.4. The molecule has 0 spiro atoms. The molecule has 16 heavy (non-hydrogen) atoms. The summed E-state index contributed by atoms with van der Waals surface area (Å²) in [5.74, 6) is 0.0533. The van der Waals surface area contributed by atoms with Crippen molar-refractivity contribution in [2.24, 2.45) is 0 Å². The standard InChI is InChI=1S/C10H21NO3.C2H6/c1-10(12)9-14-8-7-13-6-4-5-11(2)3;1-2/h4-9H2,1-3H3;1-2H3. The lowest BCUT2D eigenvalue weighted by Gasteiger charge is -2.09. The molecule has 0 N–H and O–H groups in total. The van der Waals surface area contributed by atoms with Crippen LogP contribution < -0.4 is 0 Å². The highest BCUT2D eigenvalue weighted by molar-refractivity contribution is 5.76. The van der Waals surface area contributed by atoms with Gasteiger partial charge in [0.1, 0.15) is 6.61 Å². The first kappa shape index (κ1) is 17.9. The first-order chi connectivity index (χ1) is 7.63. The van der Waals surface area contributed by atoms with Gasteiger partial charge in [-0.15, -0.1) is 0 Å². The summed E-state index contributed by atoms with van der Waals surface area (Å²) >= 11 is 0. The zero-order valence-electron chi connectivity index (χ0n) is 11.4. The van der Waals surface area contributed by atoms with Crippen molar-refractivity contribution < 1.29 is 14.3 Å². The molecule has 0 radical (unpaired) electrons. The van der Waals surface area contributed by atoms with E-state index in [4.69, 9.17) is 9.47 Å². The van der Waals surface area contributed by atoms with Gasteiger partial charge in [0.05, 0.1) is 13.2 Å². The fourth-order valence-corrected chi connectivity index (χ4v) is 0.919. The third-order valence-corrected chi connectivity index (χ3v) is 1.57. The Hall–Kier alpha value is -0.450. The minimum Gasteiger partial charge on any atom is -0.379 e. The maximum absolute atomic E-state index is 10.5. The van der Waals surface area contributed by atoms with Crippen LogP contribution in [-0.4, -0.2) is 57.8 Å². The Morgan fingerprint density at radius 3 is 2.12 bits per heavy atom. The molecule has 0 aliphatic carbocycles. The highest BCUT2D eigenvalue weighted by atomic mass is 16.5. The summed E-state index contributed by atoms with van der Waals surface area (Å²) in [4.78, 5) is 12.6. The second kappa shape index (κ2) is 14.6. The zero-order chi connectivity index (χ0) is 12.8. The van der Waals surface area contributed by atoms with Crippen molar-refractivity contribution in [1.82, 2.24) is 4.90 Å². The minimum absolute atomic E-state index is 0.0533. The average molecular weight is 233 g/mol. The molecule has 0 atom stereocenters. The number of hydrogen-bond acceptors (Lipinski definition) is 4. The maximum atomic E-state index is 10.5. The number of ether oxygens (including phenoxy) is 2. The van der Waals surface area contributed by atoms with Gasteiger partial charge in [-0.3, -0.25) is 4.79 Å². The SMILES string of the molecule is CC.CC(=O)COCCOCCCN(C)C. The fraction of sp³-hybridized carbons (Fsp3) is 0.917. The van der Waals surface area contributed by atoms with E-state index in [1.54, 1.807) is 0 Å². The highest BCUT2D eigenvalue weighted by Gasteiger charge is 1.94. The summed E-state index contributed by atoms with van der Waals surface area (Å²) in [7, 11) is 4.08. The Bertz CT molecular complexity index is 149. The smallest absolute Gasteiger partial charge is 0.155 e. The van der Waals surface area contributed by atoms with Crippen molar-refractivity contribution in [3.05, 3.63) is 0 Å². The predicted molar refractivity (Wildman–Crippen MR) is 66.8 cm³/mol. The van der Waals surface area contributed by atoms with Gasteiger partial charge < -0.3 is 14.4 Å². The van der Waals surface area contributed by atoms with Gasteiger partial charge in [0.2, 0.25) is 0 Å². The van der Waals surface area contributed by atoms with Crippen LogP contribution in [0, 0.1) is 0 Å². The first-order valence-corrected chi connectivity index (χ1v) is 5.92. The van der Waals surface area contributed by atoms with Crippen molar-refractivity contribution in [1.29, 1.82) is 0 Å². The lowest BCUT2D eigenvalue weighted by Crippen LogP contribution is -2.16. The molecule has 4 nitrogen and oxygen atoms in total. The largest absolute Gasteiger partial charge is 0.379 e. The molecule has 4 heteroatoms. The molecule has 0 fully saturated rings. The molecule has 98 valence electrons. The van der Waals surface area contributed by atoms with E-state index in [2.05, 4.69) is 4.90 Å². The topological polar surface area (TPSA) is 38.8 Å². The minimum atomic E-state index is 0.0533. The highest BCUT2D eigenvalue weighted by Crippen LogP contribution is 1.86. The Labute approximate surface area is 99.9 Å². The van der Waals surface area contributed by atoms with Crippen molar-refractivity contribution in [2.75, 3.05) is 47.1 Å². The van der Waals surface area contributed by atoms with E-state index in [9.17, 15) is 4.79 Å². The monoisotopic (exact) mass is 233 g/mol. The van der Waals surface area contributed by atoms with E-state index in [0.717, 1.165) is 19.6 Å². The number of rotatable bonds is 9. The molecular weight excluding hydrogens is 206 g/mol. The Morgan fingerprint density at radius 2 is 1.62 bits per heavy atom. The van der Waals surface area contributed by atoms with Crippen LogP contribution in [0.2, 0.25) is 0 Å². The van der Waals surface area contributed by atoms with E-state index in [0.29, 0.717) is 13.2 Å². The number of hydrogen-bond donors (Lipinski definition) is 0. The molecule has 0 saturated heterocycles. The number of carbonyl (C=O) groups excluding carboxylic acids is 1. The molecular formula is C12H27NO3. The van der Waals surface area contributed by atoms with Crippen molar-refractivity contribution in [2.45, 2.75) is 27.2 Å². The van der Waals surface area contributed by atoms with Gasteiger partial charge in [0, 0.05) is 6.61 Å². The molecule has 0 aromatic carbocycles. The van der Waals surface area contributed by atoms with E-state index in [1.807, 2.05) is 27.9 Å². The maximum Gasteiger partial charge on any atom is 0.155 e. The lowest BCUT2D eigenvalue weighted by atomic mass is 10.4. The molecule has 0 aromatic rings. The molecule has 0 aromatic heterocycles. The van der Waals surface area contributed by atoms with Crippen LogP contribution >= 0.6 is 0 Å². The van der Waals surface area contributed by atoms with E-state index < -0.39 is 0 Å². The summed E-state index contributed by atoms with van der Waals surface area (Å²) in [6, 6.07) is 0. The van der Waals surface area contributed by atoms with Gasteiger partial charge in [0.15, 0.2) is 5.78 Å². The lowest BCUT2D eigenvalue weighted by molar-refractivity contribution is -0.121. The quantitative estimate of drug-likeness (QED) is 0.567. The second-order valence-electron chi connectivity index (χ2n) is 3.52. The van der Waals surface area contributed by atoms with Gasteiger partial charge in [-0.2, -0.15) is 0 Å². The molecule has 0 amide bonds.